The first-order valence-electron chi connectivity index (χ1n) is 6.43. The first-order valence-corrected chi connectivity index (χ1v) is 6.43. The number of ether oxygens (including phenoxy) is 1. The lowest BCUT2D eigenvalue weighted by atomic mass is 9.92. The van der Waals surface area contributed by atoms with Crippen molar-refractivity contribution in [2.24, 2.45) is 11.1 Å². The van der Waals surface area contributed by atoms with Crippen molar-refractivity contribution in [3.8, 4) is 0 Å². The number of benzene rings is 1. The zero-order chi connectivity index (χ0) is 13.6. The third-order valence-corrected chi connectivity index (χ3v) is 2.99. The number of rotatable bonds is 6. The van der Waals surface area contributed by atoms with E-state index in [-0.39, 0.29) is 18.6 Å². The van der Waals surface area contributed by atoms with Crippen LogP contribution in [-0.2, 0) is 10.3 Å². The lowest BCUT2D eigenvalue weighted by Crippen LogP contribution is -2.39. The Kier molecular flexibility index (Phi) is 5.32. The highest BCUT2D eigenvalue weighted by Crippen LogP contribution is 2.22. The van der Waals surface area contributed by atoms with E-state index < -0.39 is 5.60 Å². The van der Waals surface area contributed by atoms with Crippen LogP contribution in [0.4, 0.5) is 0 Å². The zero-order valence-electron chi connectivity index (χ0n) is 11.6. The van der Waals surface area contributed by atoms with Crippen LogP contribution in [-0.4, -0.2) is 24.9 Å². The Morgan fingerprint density at radius 3 is 2.28 bits per heavy atom. The van der Waals surface area contributed by atoms with Gasteiger partial charge in [-0.15, -0.1) is 0 Å². The topological polar surface area (TPSA) is 55.5 Å². The van der Waals surface area contributed by atoms with Gasteiger partial charge in [-0.2, -0.15) is 0 Å². The molecule has 0 spiro atoms. The van der Waals surface area contributed by atoms with Crippen LogP contribution in [0.15, 0.2) is 30.3 Å². The first-order chi connectivity index (χ1) is 8.37. The van der Waals surface area contributed by atoms with Crippen molar-refractivity contribution in [3.05, 3.63) is 35.9 Å². The summed E-state index contributed by atoms with van der Waals surface area (Å²) in [6.45, 7) is 7.54. The van der Waals surface area contributed by atoms with E-state index in [9.17, 15) is 5.11 Å². The van der Waals surface area contributed by atoms with Crippen LogP contribution in [0, 0.1) is 5.41 Å². The molecule has 3 N–H and O–H groups in total. The molecule has 0 fully saturated rings. The molecular formula is C15H25NO2. The molecule has 0 aromatic heterocycles. The summed E-state index contributed by atoms with van der Waals surface area (Å²) in [5, 5.41) is 10.5. The molecule has 1 atom stereocenters. The van der Waals surface area contributed by atoms with Gasteiger partial charge in [0, 0.05) is 13.2 Å². The van der Waals surface area contributed by atoms with Crippen molar-refractivity contribution < 1.29 is 9.84 Å². The van der Waals surface area contributed by atoms with Crippen molar-refractivity contribution in [1.29, 1.82) is 0 Å². The number of aliphatic hydroxyl groups is 1. The smallest absolute Gasteiger partial charge is 0.125 e. The van der Waals surface area contributed by atoms with E-state index in [1.165, 1.54) is 0 Å². The summed E-state index contributed by atoms with van der Waals surface area (Å²) < 4.78 is 5.59. The summed E-state index contributed by atoms with van der Waals surface area (Å²) in [5.41, 5.74) is 5.65. The van der Waals surface area contributed by atoms with E-state index in [1.807, 2.05) is 30.3 Å². The van der Waals surface area contributed by atoms with Crippen molar-refractivity contribution >= 4 is 0 Å². The number of nitrogens with two attached hydrogens (primary N) is 1. The molecule has 0 aliphatic carbocycles. The van der Waals surface area contributed by atoms with Crippen LogP contribution < -0.4 is 5.73 Å². The normalized spacial score (nSPS) is 15.4. The molecule has 3 heteroatoms. The Bertz CT molecular complexity index is 345. The Morgan fingerprint density at radius 1 is 1.17 bits per heavy atom. The molecule has 0 aliphatic heterocycles. The van der Waals surface area contributed by atoms with E-state index in [2.05, 4.69) is 20.8 Å². The van der Waals surface area contributed by atoms with Gasteiger partial charge in [-0.25, -0.2) is 0 Å². The molecule has 18 heavy (non-hydrogen) atoms. The maximum absolute atomic E-state index is 10.5. The van der Waals surface area contributed by atoms with Crippen LogP contribution in [0.1, 0.15) is 32.8 Å². The molecule has 0 radical (unpaired) electrons. The Hall–Kier alpha value is -0.900. The molecule has 0 heterocycles. The van der Waals surface area contributed by atoms with Crippen molar-refractivity contribution in [3.63, 3.8) is 0 Å². The highest BCUT2D eigenvalue weighted by Gasteiger charge is 2.27. The van der Waals surface area contributed by atoms with Gasteiger partial charge in [-0.3, -0.25) is 0 Å². The second-order valence-electron chi connectivity index (χ2n) is 5.96. The molecule has 0 aliphatic rings. The second-order valence-corrected chi connectivity index (χ2v) is 5.96. The first kappa shape index (κ1) is 15.2. The Labute approximate surface area is 110 Å². The molecular weight excluding hydrogens is 226 g/mol. The van der Waals surface area contributed by atoms with Gasteiger partial charge < -0.3 is 15.6 Å². The molecule has 1 aromatic carbocycles. The van der Waals surface area contributed by atoms with Gasteiger partial charge in [0.15, 0.2) is 0 Å². The minimum absolute atomic E-state index is 0.159. The predicted molar refractivity (Wildman–Crippen MR) is 74.3 cm³/mol. The van der Waals surface area contributed by atoms with Crippen LogP contribution >= 0.6 is 0 Å². The largest absolute Gasteiger partial charge is 0.381 e. The number of hydrogen-bond acceptors (Lipinski definition) is 3. The summed E-state index contributed by atoms with van der Waals surface area (Å²) in [7, 11) is 0. The molecule has 0 amide bonds. The fraction of sp³-hybridized carbons (Fsp3) is 0.600. The monoisotopic (exact) mass is 251 g/mol. The van der Waals surface area contributed by atoms with Crippen LogP contribution in [0.25, 0.3) is 0 Å². The maximum atomic E-state index is 10.5. The van der Waals surface area contributed by atoms with Crippen molar-refractivity contribution in [1.82, 2.24) is 0 Å². The fourth-order valence-corrected chi connectivity index (χ4v) is 1.63. The molecule has 0 saturated carbocycles. The Morgan fingerprint density at radius 2 is 1.78 bits per heavy atom. The lowest BCUT2D eigenvalue weighted by Gasteiger charge is -2.27. The molecule has 1 aromatic rings. The van der Waals surface area contributed by atoms with Gasteiger partial charge in [-0.1, -0.05) is 51.1 Å². The maximum Gasteiger partial charge on any atom is 0.125 e. The van der Waals surface area contributed by atoms with E-state index in [0.717, 1.165) is 12.0 Å². The zero-order valence-corrected chi connectivity index (χ0v) is 11.6. The summed E-state index contributed by atoms with van der Waals surface area (Å²) in [6.07, 6.45) is 0.961. The quantitative estimate of drug-likeness (QED) is 0.763. The fourth-order valence-electron chi connectivity index (χ4n) is 1.63. The summed E-state index contributed by atoms with van der Waals surface area (Å²) >= 11 is 0. The van der Waals surface area contributed by atoms with E-state index >= 15 is 0 Å². The molecule has 1 rings (SSSR count). The van der Waals surface area contributed by atoms with Crippen molar-refractivity contribution in [2.45, 2.75) is 32.8 Å². The van der Waals surface area contributed by atoms with E-state index in [4.69, 9.17) is 10.5 Å². The van der Waals surface area contributed by atoms with Gasteiger partial charge in [0.1, 0.15) is 5.60 Å². The van der Waals surface area contributed by atoms with Gasteiger partial charge in [0.2, 0.25) is 0 Å². The molecule has 1 unspecified atom stereocenters. The minimum atomic E-state index is -1.08. The van der Waals surface area contributed by atoms with E-state index in [1.54, 1.807) is 0 Å². The lowest BCUT2D eigenvalue weighted by molar-refractivity contribution is -0.0488. The van der Waals surface area contributed by atoms with Gasteiger partial charge in [-0.05, 0) is 17.4 Å². The van der Waals surface area contributed by atoms with Crippen LogP contribution in [0.3, 0.4) is 0 Å². The van der Waals surface area contributed by atoms with Crippen molar-refractivity contribution in [2.75, 3.05) is 19.8 Å². The van der Waals surface area contributed by atoms with E-state index in [0.29, 0.717) is 6.61 Å². The Balaban J connectivity index is 2.52. The third-order valence-electron chi connectivity index (χ3n) is 2.99. The predicted octanol–water partition coefficient (Wildman–Crippen LogP) is 2.29. The SMILES string of the molecule is CC(C)(C)CCOCC(O)(CN)c1ccccc1. The van der Waals surface area contributed by atoms with Gasteiger partial charge >= 0.3 is 0 Å². The number of hydrogen-bond donors (Lipinski definition) is 2. The highest BCUT2D eigenvalue weighted by molar-refractivity contribution is 5.22. The molecule has 0 bridgehead atoms. The third kappa shape index (κ3) is 4.77. The summed E-state index contributed by atoms with van der Waals surface area (Å²) in [4.78, 5) is 0. The second kappa shape index (κ2) is 6.32. The van der Waals surface area contributed by atoms with Crippen LogP contribution in [0.2, 0.25) is 0 Å². The van der Waals surface area contributed by atoms with Gasteiger partial charge in [0.25, 0.3) is 0 Å². The highest BCUT2D eigenvalue weighted by atomic mass is 16.5. The van der Waals surface area contributed by atoms with Gasteiger partial charge in [0.05, 0.1) is 6.61 Å². The summed E-state index contributed by atoms with van der Waals surface area (Å²) in [6, 6.07) is 9.46. The average Bonchev–Trinajstić information content (AvgIpc) is 2.34. The average molecular weight is 251 g/mol. The minimum Gasteiger partial charge on any atom is -0.381 e. The molecule has 102 valence electrons. The van der Waals surface area contributed by atoms with Crippen LogP contribution in [0.5, 0.6) is 0 Å². The molecule has 0 saturated heterocycles. The molecule has 3 nitrogen and oxygen atoms in total. The standard InChI is InChI=1S/C15H25NO2/c1-14(2,3)9-10-18-12-15(17,11-16)13-7-5-4-6-8-13/h4-8,17H,9-12,16H2,1-3H3. The summed E-state index contributed by atoms with van der Waals surface area (Å²) in [5.74, 6) is 0.